The van der Waals surface area contributed by atoms with Crippen LogP contribution in [0.2, 0.25) is 5.02 Å². The molecule has 0 aliphatic rings. The van der Waals surface area contributed by atoms with E-state index >= 15 is 0 Å². The molecule has 10 heteroatoms. The molecule has 0 spiro atoms. The van der Waals surface area contributed by atoms with Crippen LogP contribution in [0.25, 0.3) is 0 Å². The Bertz CT molecular complexity index is 908. The number of carbonyl (C=O) groups excluding carboxylic acids is 1. The van der Waals surface area contributed by atoms with Crippen molar-refractivity contribution in [3.8, 4) is 0 Å². The van der Waals surface area contributed by atoms with Crippen LogP contribution in [0, 0.1) is 5.82 Å². The smallest absolute Gasteiger partial charge is 0.304 e. The molecule has 0 radical (unpaired) electrons. The molecule has 2 heterocycles. The first-order chi connectivity index (χ1) is 11.9. The van der Waals surface area contributed by atoms with Crippen molar-refractivity contribution in [1.82, 2.24) is 19.6 Å². The number of anilines is 1. The van der Waals surface area contributed by atoms with Crippen molar-refractivity contribution in [3.05, 3.63) is 64.8 Å². The summed E-state index contributed by atoms with van der Waals surface area (Å²) in [6, 6.07) is 6.67. The lowest BCUT2D eigenvalue weighted by Gasteiger charge is -2.06. The largest absolute Gasteiger partial charge is 0.333 e. The van der Waals surface area contributed by atoms with E-state index < -0.39 is 18.3 Å². The fourth-order valence-corrected chi connectivity index (χ4v) is 2.40. The molecule has 25 heavy (non-hydrogen) atoms. The zero-order valence-corrected chi connectivity index (χ0v) is 13.3. The second-order valence-corrected chi connectivity index (χ2v) is 5.43. The summed E-state index contributed by atoms with van der Waals surface area (Å²) in [6.07, 6.45) is 2.68. The highest BCUT2D eigenvalue weighted by Crippen LogP contribution is 2.19. The third kappa shape index (κ3) is 3.82. The van der Waals surface area contributed by atoms with Gasteiger partial charge in [-0.3, -0.25) is 9.48 Å². The molecule has 0 aliphatic heterocycles. The van der Waals surface area contributed by atoms with Crippen LogP contribution >= 0.6 is 11.6 Å². The van der Waals surface area contributed by atoms with Gasteiger partial charge in [-0.25, -0.2) is 4.39 Å². The van der Waals surface area contributed by atoms with Gasteiger partial charge in [0.2, 0.25) is 0 Å². The van der Waals surface area contributed by atoms with E-state index in [0.29, 0.717) is 10.2 Å². The Labute approximate surface area is 144 Å². The normalized spacial score (nSPS) is 11.1. The Morgan fingerprint density at radius 1 is 1.28 bits per heavy atom. The highest BCUT2D eigenvalue weighted by Gasteiger charge is 2.18. The van der Waals surface area contributed by atoms with E-state index in [-0.39, 0.29) is 23.1 Å². The number of aromatic nitrogens is 4. The molecule has 130 valence electrons. The summed E-state index contributed by atoms with van der Waals surface area (Å²) in [4.78, 5) is 12.0. The maximum Gasteiger partial charge on any atom is 0.333 e. The van der Waals surface area contributed by atoms with E-state index in [1.807, 2.05) is 0 Å². The molecule has 0 saturated heterocycles. The van der Waals surface area contributed by atoms with Crippen molar-refractivity contribution in [3.63, 3.8) is 0 Å². The SMILES string of the molecule is O=C(Nc1ccn(Cc2ccc(F)cc2Cl)n1)c1ccnn1C(F)F. The van der Waals surface area contributed by atoms with Crippen molar-refractivity contribution in [1.29, 1.82) is 0 Å². The minimum Gasteiger partial charge on any atom is -0.304 e. The van der Waals surface area contributed by atoms with E-state index in [1.165, 1.54) is 35.0 Å². The van der Waals surface area contributed by atoms with Crippen LogP contribution in [0.15, 0.2) is 42.7 Å². The number of hydrogen-bond donors (Lipinski definition) is 1. The summed E-state index contributed by atoms with van der Waals surface area (Å²) in [5.41, 5.74) is 0.353. The van der Waals surface area contributed by atoms with Gasteiger partial charge in [0.1, 0.15) is 11.5 Å². The number of nitrogens with zero attached hydrogens (tertiary/aromatic N) is 4. The molecule has 0 saturated carbocycles. The Morgan fingerprint density at radius 2 is 2.08 bits per heavy atom. The zero-order valence-electron chi connectivity index (χ0n) is 12.5. The number of benzene rings is 1. The molecule has 1 aromatic carbocycles. The third-order valence-corrected chi connectivity index (χ3v) is 3.67. The Balaban J connectivity index is 1.71. The molecule has 0 atom stereocenters. The quantitative estimate of drug-likeness (QED) is 0.747. The number of rotatable bonds is 5. The predicted molar refractivity (Wildman–Crippen MR) is 84.2 cm³/mol. The monoisotopic (exact) mass is 369 g/mol. The predicted octanol–water partition coefficient (Wildman–Crippen LogP) is 3.57. The molecule has 6 nitrogen and oxygen atoms in total. The fourth-order valence-electron chi connectivity index (χ4n) is 2.17. The number of nitrogens with one attached hydrogen (secondary N) is 1. The van der Waals surface area contributed by atoms with Crippen molar-refractivity contribution < 1.29 is 18.0 Å². The van der Waals surface area contributed by atoms with Crippen LogP contribution in [0.4, 0.5) is 19.0 Å². The minimum atomic E-state index is -2.92. The molecule has 0 bridgehead atoms. The Kier molecular flexibility index (Phi) is 4.75. The standard InChI is InChI=1S/C15H11ClF3N5O/c16-11-7-10(17)2-1-9(11)8-23-6-4-13(22-23)21-14(25)12-3-5-20-24(12)15(18)19/h1-7,15H,8H2,(H,21,22,25). The first-order valence-electron chi connectivity index (χ1n) is 7.04. The molecule has 0 fully saturated rings. The second-order valence-electron chi connectivity index (χ2n) is 5.03. The number of halogens is 4. The molecule has 0 unspecified atom stereocenters. The lowest BCUT2D eigenvalue weighted by Crippen LogP contribution is -2.18. The van der Waals surface area contributed by atoms with Crippen LogP contribution in [0.3, 0.4) is 0 Å². The molecule has 3 rings (SSSR count). The zero-order chi connectivity index (χ0) is 18.0. The van der Waals surface area contributed by atoms with E-state index in [2.05, 4.69) is 15.5 Å². The first-order valence-corrected chi connectivity index (χ1v) is 7.42. The lowest BCUT2D eigenvalue weighted by molar-refractivity contribution is 0.0520. The van der Waals surface area contributed by atoms with Gasteiger partial charge in [0, 0.05) is 23.5 Å². The minimum absolute atomic E-state index is 0.172. The van der Waals surface area contributed by atoms with Gasteiger partial charge in [0.25, 0.3) is 5.91 Å². The first kappa shape index (κ1) is 17.0. The highest BCUT2D eigenvalue weighted by molar-refractivity contribution is 6.31. The van der Waals surface area contributed by atoms with Crippen molar-refractivity contribution in [2.24, 2.45) is 0 Å². The molecular weight excluding hydrogens is 359 g/mol. The summed E-state index contributed by atoms with van der Waals surface area (Å²) in [6.45, 7) is -2.67. The van der Waals surface area contributed by atoms with Gasteiger partial charge in [-0.05, 0) is 23.8 Å². The fraction of sp³-hybridized carbons (Fsp3) is 0.133. The van der Waals surface area contributed by atoms with Crippen molar-refractivity contribution >= 4 is 23.3 Å². The highest BCUT2D eigenvalue weighted by atomic mass is 35.5. The second kappa shape index (κ2) is 6.98. The molecular formula is C15H11ClF3N5O. The van der Waals surface area contributed by atoms with Gasteiger partial charge < -0.3 is 5.32 Å². The van der Waals surface area contributed by atoms with Crippen LogP contribution in [-0.2, 0) is 6.54 Å². The summed E-state index contributed by atoms with van der Waals surface area (Å²) in [7, 11) is 0. The van der Waals surface area contributed by atoms with Crippen molar-refractivity contribution in [2.75, 3.05) is 5.32 Å². The maximum absolute atomic E-state index is 13.0. The van der Waals surface area contributed by atoms with Crippen LogP contribution in [0.1, 0.15) is 22.6 Å². The average Bonchev–Trinajstić information content (AvgIpc) is 3.19. The average molecular weight is 370 g/mol. The van der Waals surface area contributed by atoms with Gasteiger partial charge in [-0.15, -0.1) is 0 Å². The summed E-state index contributed by atoms with van der Waals surface area (Å²) < 4.78 is 40.3. The van der Waals surface area contributed by atoms with Crippen LogP contribution < -0.4 is 5.32 Å². The maximum atomic E-state index is 13.0. The number of alkyl halides is 2. The lowest BCUT2D eigenvalue weighted by atomic mass is 10.2. The van der Waals surface area contributed by atoms with Gasteiger partial charge in [-0.2, -0.15) is 23.7 Å². The third-order valence-electron chi connectivity index (χ3n) is 3.32. The van der Waals surface area contributed by atoms with Crippen LogP contribution in [0.5, 0.6) is 0 Å². The van der Waals surface area contributed by atoms with Gasteiger partial charge in [-0.1, -0.05) is 17.7 Å². The number of amides is 1. The Morgan fingerprint density at radius 3 is 2.80 bits per heavy atom. The van der Waals surface area contributed by atoms with E-state index in [4.69, 9.17) is 11.6 Å². The Hall–Kier alpha value is -2.81. The van der Waals surface area contributed by atoms with Gasteiger partial charge in [0.05, 0.1) is 6.54 Å². The number of carbonyl (C=O) groups is 1. The van der Waals surface area contributed by atoms with E-state index in [9.17, 15) is 18.0 Å². The summed E-state index contributed by atoms with van der Waals surface area (Å²) in [5.74, 6) is -1.04. The van der Waals surface area contributed by atoms with Crippen LogP contribution in [-0.4, -0.2) is 25.5 Å². The molecule has 1 amide bonds. The summed E-state index contributed by atoms with van der Waals surface area (Å²) >= 11 is 5.95. The van der Waals surface area contributed by atoms with Gasteiger partial charge in [0.15, 0.2) is 5.82 Å². The number of hydrogen-bond acceptors (Lipinski definition) is 3. The topological polar surface area (TPSA) is 64.7 Å². The molecule has 2 aromatic heterocycles. The molecule has 0 aliphatic carbocycles. The van der Waals surface area contributed by atoms with Gasteiger partial charge >= 0.3 is 6.55 Å². The molecule has 1 N–H and O–H groups in total. The van der Waals surface area contributed by atoms with E-state index in [0.717, 1.165) is 6.20 Å². The van der Waals surface area contributed by atoms with Crippen molar-refractivity contribution in [2.45, 2.75) is 13.1 Å². The summed E-state index contributed by atoms with van der Waals surface area (Å²) in [5, 5.41) is 10.2. The molecule has 3 aromatic rings. The van der Waals surface area contributed by atoms with E-state index in [1.54, 1.807) is 6.20 Å².